The molecule has 3 aromatic carbocycles. The maximum absolute atomic E-state index is 3.82. The predicted molar refractivity (Wildman–Crippen MR) is 155 cm³/mol. The quantitative estimate of drug-likeness (QED) is 0.157. The average molecular weight is 578 g/mol. The zero-order valence-electron chi connectivity index (χ0n) is 20.1. The third kappa shape index (κ3) is 5.19. The molecule has 0 aliphatic heterocycles. The first-order valence-electron chi connectivity index (χ1n) is 12.6. The lowest BCUT2D eigenvalue weighted by molar-refractivity contribution is 0.547. The van der Waals surface area contributed by atoms with Gasteiger partial charge in [-0.2, -0.15) is 0 Å². The Kier molecular flexibility index (Phi) is 8.66. The topological polar surface area (TPSA) is 0 Å². The maximum atomic E-state index is 3.82. The van der Waals surface area contributed by atoms with Gasteiger partial charge in [-0.3, -0.25) is 0 Å². The highest BCUT2D eigenvalue weighted by Gasteiger charge is 2.44. The number of allylic oxidation sites excluding steroid dienone is 3. The summed E-state index contributed by atoms with van der Waals surface area (Å²) in [7, 11) is 0. The van der Waals surface area contributed by atoms with Gasteiger partial charge in [-0.1, -0.05) is 119 Å². The smallest absolute Gasteiger partial charge is 0.0464 e. The molecule has 0 saturated heterocycles. The van der Waals surface area contributed by atoms with Gasteiger partial charge in [0.25, 0.3) is 0 Å². The van der Waals surface area contributed by atoms with Crippen molar-refractivity contribution in [2.45, 2.75) is 63.7 Å². The van der Waals surface area contributed by atoms with Gasteiger partial charge in [-0.15, -0.1) is 0 Å². The Morgan fingerprint density at radius 1 is 0.794 bits per heavy atom. The summed E-state index contributed by atoms with van der Waals surface area (Å²) in [6.07, 6.45) is 15.8. The Hall–Kier alpha value is -1.90. The van der Waals surface area contributed by atoms with E-state index >= 15 is 0 Å². The monoisotopic (exact) mass is 576 g/mol. The highest BCUT2D eigenvalue weighted by Crippen LogP contribution is 2.56. The van der Waals surface area contributed by atoms with Crippen molar-refractivity contribution in [3.8, 4) is 11.1 Å². The largest absolute Gasteiger partial charge is 0.0991 e. The first kappa shape index (κ1) is 25.2. The van der Waals surface area contributed by atoms with Crippen LogP contribution < -0.4 is 0 Å². The van der Waals surface area contributed by atoms with Crippen LogP contribution in [0.1, 0.15) is 74.1 Å². The standard InChI is InChI=1S/C32H34Br2/c1-3-5-7-9-11-21-32(25-15-13-24(14-16-25)12-10-8-6-4-2)30-22-26(33)17-19-28(30)29-20-18-27(34)23-31(29)32/h3,5,7,13-20,22-23H,1,4,6,8-12,21H2,2H3/b7-5-. The lowest BCUT2D eigenvalue weighted by atomic mass is 9.69. The third-order valence-electron chi connectivity index (χ3n) is 7.13. The zero-order valence-corrected chi connectivity index (χ0v) is 23.3. The minimum atomic E-state index is -0.152. The molecular weight excluding hydrogens is 544 g/mol. The minimum absolute atomic E-state index is 0.152. The number of halogens is 2. The van der Waals surface area contributed by atoms with Crippen LogP contribution >= 0.6 is 31.9 Å². The van der Waals surface area contributed by atoms with Gasteiger partial charge in [0.1, 0.15) is 0 Å². The van der Waals surface area contributed by atoms with E-state index in [4.69, 9.17) is 0 Å². The van der Waals surface area contributed by atoms with E-state index in [9.17, 15) is 0 Å². The van der Waals surface area contributed by atoms with Gasteiger partial charge in [-0.05, 0) is 89.8 Å². The van der Waals surface area contributed by atoms with E-state index in [2.05, 4.69) is 118 Å². The number of benzene rings is 3. The molecule has 0 unspecified atom stereocenters. The van der Waals surface area contributed by atoms with Crippen LogP contribution in [0.15, 0.2) is 94.4 Å². The molecule has 0 saturated carbocycles. The first-order valence-corrected chi connectivity index (χ1v) is 14.2. The molecule has 0 amide bonds. The predicted octanol–water partition coefficient (Wildman–Crippen LogP) is 10.6. The lowest BCUT2D eigenvalue weighted by Gasteiger charge is -2.33. The molecule has 0 radical (unpaired) electrons. The molecule has 4 rings (SSSR count). The van der Waals surface area contributed by atoms with Gasteiger partial charge < -0.3 is 0 Å². The number of aryl methyl sites for hydroxylation is 1. The second-order valence-corrected chi connectivity index (χ2v) is 11.2. The molecule has 2 heteroatoms. The summed E-state index contributed by atoms with van der Waals surface area (Å²) in [4.78, 5) is 0. The zero-order chi connectivity index (χ0) is 24.0. The minimum Gasteiger partial charge on any atom is -0.0991 e. The number of fused-ring (bicyclic) bond motifs is 3. The lowest BCUT2D eigenvalue weighted by Crippen LogP contribution is -2.27. The van der Waals surface area contributed by atoms with E-state index in [-0.39, 0.29) is 5.41 Å². The Morgan fingerprint density at radius 3 is 2.03 bits per heavy atom. The van der Waals surface area contributed by atoms with Gasteiger partial charge in [0.2, 0.25) is 0 Å². The molecule has 0 N–H and O–H groups in total. The Labute approximate surface area is 222 Å². The van der Waals surface area contributed by atoms with E-state index in [0.29, 0.717) is 0 Å². The molecular formula is C32H34Br2. The maximum Gasteiger partial charge on any atom is 0.0464 e. The molecule has 0 heterocycles. The van der Waals surface area contributed by atoms with Gasteiger partial charge in [-0.25, -0.2) is 0 Å². The number of unbranched alkanes of at least 4 members (excludes halogenated alkanes) is 4. The number of rotatable bonds is 11. The molecule has 1 aliphatic rings. The molecule has 0 bridgehead atoms. The Balaban J connectivity index is 1.78. The Bertz CT molecular complexity index is 1100. The van der Waals surface area contributed by atoms with Crippen molar-refractivity contribution in [3.63, 3.8) is 0 Å². The summed E-state index contributed by atoms with van der Waals surface area (Å²) in [5, 5.41) is 0. The van der Waals surface area contributed by atoms with Crippen LogP contribution in [0, 0.1) is 0 Å². The number of hydrogen-bond acceptors (Lipinski definition) is 0. The summed E-state index contributed by atoms with van der Waals surface area (Å²) in [5.41, 5.74) is 8.24. The molecule has 0 spiro atoms. The highest BCUT2D eigenvalue weighted by atomic mass is 79.9. The molecule has 0 nitrogen and oxygen atoms in total. The molecule has 3 aromatic rings. The molecule has 0 aromatic heterocycles. The molecule has 0 fully saturated rings. The summed E-state index contributed by atoms with van der Waals surface area (Å²) in [6.45, 7) is 6.09. The van der Waals surface area contributed by atoms with Crippen molar-refractivity contribution in [2.75, 3.05) is 0 Å². The molecule has 176 valence electrons. The van der Waals surface area contributed by atoms with Crippen molar-refractivity contribution in [1.82, 2.24) is 0 Å². The second-order valence-electron chi connectivity index (χ2n) is 9.35. The summed E-state index contributed by atoms with van der Waals surface area (Å²) in [5.74, 6) is 0. The number of hydrogen-bond donors (Lipinski definition) is 0. The van der Waals surface area contributed by atoms with Gasteiger partial charge in [0.05, 0.1) is 0 Å². The third-order valence-corrected chi connectivity index (χ3v) is 8.12. The van der Waals surface area contributed by atoms with E-state index in [1.165, 1.54) is 65.5 Å². The summed E-state index contributed by atoms with van der Waals surface area (Å²) < 4.78 is 2.28. The second kappa shape index (κ2) is 11.7. The van der Waals surface area contributed by atoms with E-state index < -0.39 is 0 Å². The van der Waals surface area contributed by atoms with Crippen LogP contribution in [0.4, 0.5) is 0 Å². The van der Waals surface area contributed by atoms with Gasteiger partial charge in [0.15, 0.2) is 0 Å². The molecule has 34 heavy (non-hydrogen) atoms. The molecule has 0 atom stereocenters. The van der Waals surface area contributed by atoms with E-state index in [0.717, 1.165) is 28.2 Å². The van der Waals surface area contributed by atoms with Crippen molar-refractivity contribution < 1.29 is 0 Å². The fraction of sp³-hybridized carbons (Fsp3) is 0.312. The van der Waals surface area contributed by atoms with Crippen LogP contribution in [0.25, 0.3) is 11.1 Å². The highest BCUT2D eigenvalue weighted by molar-refractivity contribution is 9.10. The van der Waals surface area contributed by atoms with E-state index in [1.807, 2.05) is 6.08 Å². The fourth-order valence-corrected chi connectivity index (χ4v) is 6.19. The van der Waals surface area contributed by atoms with Crippen LogP contribution in [-0.2, 0) is 11.8 Å². The molecule has 1 aliphatic carbocycles. The van der Waals surface area contributed by atoms with Crippen molar-refractivity contribution >= 4 is 31.9 Å². The van der Waals surface area contributed by atoms with Crippen molar-refractivity contribution in [3.05, 3.63) is 117 Å². The van der Waals surface area contributed by atoms with Gasteiger partial charge >= 0.3 is 0 Å². The fourth-order valence-electron chi connectivity index (χ4n) is 5.47. The van der Waals surface area contributed by atoms with Crippen molar-refractivity contribution in [1.29, 1.82) is 0 Å². The summed E-state index contributed by atoms with van der Waals surface area (Å²) >= 11 is 7.54. The summed E-state index contributed by atoms with van der Waals surface area (Å²) in [6, 6.07) is 23.2. The SMILES string of the molecule is C=C/C=C\CCCC1(c2ccc(CCCCCC)cc2)c2cc(Br)ccc2-c2ccc(Br)cc21. The van der Waals surface area contributed by atoms with Crippen LogP contribution in [0.5, 0.6) is 0 Å². The van der Waals surface area contributed by atoms with Crippen molar-refractivity contribution in [2.24, 2.45) is 0 Å². The van der Waals surface area contributed by atoms with Crippen LogP contribution in [0.3, 0.4) is 0 Å². The van der Waals surface area contributed by atoms with E-state index in [1.54, 1.807) is 0 Å². The average Bonchev–Trinajstić information content (AvgIpc) is 3.11. The van der Waals surface area contributed by atoms with Crippen LogP contribution in [0.2, 0.25) is 0 Å². The Morgan fingerprint density at radius 2 is 1.44 bits per heavy atom. The normalized spacial score (nSPS) is 13.7. The first-order chi connectivity index (χ1) is 16.6. The van der Waals surface area contributed by atoms with Gasteiger partial charge in [0, 0.05) is 14.4 Å². The van der Waals surface area contributed by atoms with Crippen LogP contribution in [-0.4, -0.2) is 0 Å².